The number of nitrogens with one attached hydrogen (secondary N) is 1. The Hall–Kier alpha value is -1.32. The van der Waals surface area contributed by atoms with Crippen molar-refractivity contribution in [1.29, 1.82) is 0 Å². The molecule has 0 bridgehead atoms. The van der Waals surface area contributed by atoms with Crippen LogP contribution in [-0.2, 0) is 6.54 Å². The summed E-state index contributed by atoms with van der Waals surface area (Å²) < 4.78 is 5.49. The van der Waals surface area contributed by atoms with Gasteiger partial charge in [-0.25, -0.2) is 0 Å². The summed E-state index contributed by atoms with van der Waals surface area (Å²) in [5, 5.41) is 3.67. The van der Waals surface area contributed by atoms with E-state index in [0.717, 1.165) is 18.8 Å². The summed E-state index contributed by atoms with van der Waals surface area (Å²) in [7, 11) is 0. The van der Waals surface area contributed by atoms with Crippen LogP contribution in [0.25, 0.3) is 0 Å². The van der Waals surface area contributed by atoms with Crippen LogP contribution in [-0.4, -0.2) is 37.2 Å². The van der Waals surface area contributed by atoms with Crippen molar-refractivity contribution in [2.45, 2.75) is 32.4 Å². The first-order valence-electron chi connectivity index (χ1n) is 7.60. The van der Waals surface area contributed by atoms with Crippen molar-refractivity contribution in [3.05, 3.63) is 42.5 Å². The zero-order chi connectivity index (χ0) is 14.2. The van der Waals surface area contributed by atoms with Gasteiger partial charge in [-0.3, -0.25) is 0 Å². The van der Waals surface area contributed by atoms with Crippen molar-refractivity contribution >= 4 is 0 Å². The minimum absolute atomic E-state index is 0.562. The maximum absolute atomic E-state index is 5.49. The quantitative estimate of drug-likeness (QED) is 0.774. The second-order valence-electron chi connectivity index (χ2n) is 5.36. The summed E-state index contributed by atoms with van der Waals surface area (Å²) in [6, 6.07) is 8.94. The van der Waals surface area contributed by atoms with Gasteiger partial charge < -0.3 is 15.0 Å². The van der Waals surface area contributed by atoms with Crippen molar-refractivity contribution in [2.75, 3.05) is 26.2 Å². The molecule has 0 spiro atoms. The SMILES string of the molecule is C=CCOc1ccc(CNC2CCCN(CC)C2)cc1. The number of nitrogens with zero attached hydrogens (tertiary/aromatic N) is 1. The van der Waals surface area contributed by atoms with Gasteiger partial charge >= 0.3 is 0 Å². The number of hydrogen-bond donors (Lipinski definition) is 1. The van der Waals surface area contributed by atoms with Crippen LogP contribution in [0.15, 0.2) is 36.9 Å². The molecule has 0 aromatic heterocycles. The average molecular weight is 274 g/mol. The van der Waals surface area contributed by atoms with E-state index < -0.39 is 0 Å². The predicted octanol–water partition coefficient (Wildman–Crippen LogP) is 2.83. The van der Waals surface area contributed by atoms with Crippen molar-refractivity contribution < 1.29 is 4.74 Å². The minimum Gasteiger partial charge on any atom is -0.490 e. The topological polar surface area (TPSA) is 24.5 Å². The molecular formula is C17H26N2O. The molecule has 1 aliphatic rings. The molecule has 1 aliphatic heterocycles. The van der Waals surface area contributed by atoms with Gasteiger partial charge in [0.2, 0.25) is 0 Å². The molecule has 0 amide bonds. The number of piperidine rings is 1. The molecule has 1 fully saturated rings. The average Bonchev–Trinajstić information content (AvgIpc) is 2.52. The highest BCUT2D eigenvalue weighted by Gasteiger charge is 2.17. The van der Waals surface area contributed by atoms with E-state index in [4.69, 9.17) is 4.74 Å². The van der Waals surface area contributed by atoms with Crippen LogP contribution in [0, 0.1) is 0 Å². The van der Waals surface area contributed by atoms with E-state index in [1.807, 2.05) is 12.1 Å². The highest BCUT2D eigenvalue weighted by atomic mass is 16.5. The lowest BCUT2D eigenvalue weighted by Gasteiger charge is -2.32. The molecule has 3 nitrogen and oxygen atoms in total. The Bertz CT molecular complexity index is 402. The van der Waals surface area contributed by atoms with Gasteiger partial charge in [0.25, 0.3) is 0 Å². The van der Waals surface area contributed by atoms with E-state index in [0.29, 0.717) is 12.6 Å². The summed E-state index contributed by atoms with van der Waals surface area (Å²) in [5.74, 6) is 0.906. The zero-order valence-electron chi connectivity index (χ0n) is 12.5. The lowest BCUT2D eigenvalue weighted by atomic mass is 10.1. The first-order chi connectivity index (χ1) is 9.81. The van der Waals surface area contributed by atoms with E-state index in [1.165, 1.54) is 31.5 Å². The number of ether oxygens (including phenoxy) is 1. The third-order valence-electron chi connectivity index (χ3n) is 3.84. The molecule has 1 N–H and O–H groups in total. The smallest absolute Gasteiger partial charge is 0.119 e. The van der Waals surface area contributed by atoms with Crippen LogP contribution >= 0.6 is 0 Å². The zero-order valence-corrected chi connectivity index (χ0v) is 12.5. The largest absolute Gasteiger partial charge is 0.490 e. The maximum Gasteiger partial charge on any atom is 0.119 e. The van der Waals surface area contributed by atoms with Gasteiger partial charge in [-0.05, 0) is 43.6 Å². The third kappa shape index (κ3) is 4.66. The van der Waals surface area contributed by atoms with Crippen LogP contribution in [0.3, 0.4) is 0 Å². The molecule has 0 saturated carbocycles. The lowest BCUT2D eigenvalue weighted by molar-refractivity contribution is 0.198. The molecule has 110 valence electrons. The molecule has 0 aliphatic carbocycles. The Labute approximate surface area is 122 Å². The predicted molar refractivity (Wildman–Crippen MR) is 84.1 cm³/mol. The van der Waals surface area contributed by atoms with E-state index >= 15 is 0 Å². The summed E-state index contributed by atoms with van der Waals surface area (Å²) in [4.78, 5) is 2.52. The molecule has 2 rings (SSSR count). The van der Waals surface area contributed by atoms with E-state index in [2.05, 4.69) is 35.9 Å². The molecule has 20 heavy (non-hydrogen) atoms. The van der Waals surface area contributed by atoms with Gasteiger partial charge in [0, 0.05) is 19.1 Å². The monoisotopic (exact) mass is 274 g/mol. The van der Waals surface area contributed by atoms with E-state index in [1.54, 1.807) is 6.08 Å². The van der Waals surface area contributed by atoms with Crippen molar-refractivity contribution in [1.82, 2.24) is 10.2 Å². The summed E-state index contributed by atoms with van der Waals surface area (Å²) >= 11 is 0. The van der Waals surface area contributed by atoms with Crippen LogP contribution in [0.5, 0.6) is 5.75 Å². The van der Waals surface area contributed by atoms with Crippen molar-refractivity contribution in [3.8, 4) is 5.75 Å². The van der Waals surface area contributed by atoms with E-state index in [-0.39, 0.29) is 0 Å². The van der Waals surface area contributed by atoms with Crippen LogP contribution in [0.1, 0.15) is 25.3 Å². The fourth-order valence-corrected chi connectivity index (χ4v) is 2.63. The van der Waals surface area contributed by atoms with Gasteiger partial charge in [-0.15, -0.1) is 0 Å². The van der Waals surface area contributed by atoms with Gasteiger partial charge in [0.1, 0.15) is 12.4 Å². The molecule has 0 radical (unpaired) electrons. The molecule has 1 heterocycles. The number of likely N-dealkylation sites (N-methyl/N-ethyl adjacent to an activating group) is 1. The van der Waals surface area contributed by atoms with Gasteiger partial charge in [0.15, 0.2) is 0 Å². The van der Waals surface area contributed by atoms with Gasteiger partial charge in [-0.2, -0.15) is 0 Å². The molecule has 1 aromatic rings. The molecule has 1 atom stereocenters. The molecule has 3 heteroatoms. The van der Waals surface area contributed by atoms with Crippen LogP contribution in [0.2, 0.25) is 0 Å². The Morgan fingerprint density at radius 2 is 2.20 bits per heavy atom. The first-order valence-corrected chi connectivity index (χ1v) is 7.60. The minimum atomic E-state index is 0.562. The fraction of sp³-hybridized carbons (Fsp3) is 0.529. The Kier molecular flexibility index (Phi) is 6.09. The second kappa shape index (κ2) is 8.08. The molecule has 1 saturated heterocycles. The molecule has 1 unspecified atom stereocenters. The first kappa shape index (κ1) is 15.1. The van der Waals surface area contributed by atoms with Crippen LogP contribution in [0.4, 0.5) is 0 Å². The summed E-state index contributed by atoms with van der Waals surface area (Å²) in [6.45, 7) is 11.0. The Morgan fingerprint density at radius 1 is 1.40 bits per heavy atom. The second-order valence-corrected chi connectivity index (χ2v) is 5.36. The molecular weight excluding hydrogens is 248 g/mol. The van der Waals surface area contributed by atoms with E-state index in [9.17, 15) is 0 Å². The summed E-state index contributed by atoms with van der Waals surface area (Å²) in [5.41, 5.74) is 1.31. The number of rotatable bonds is 7. The van der Waals surface area contributed by atoms with Crippen molar-refractivity contribution in [3.63, 3.8) is 0 Å². The van der Waals surface area contributed by atoms with Gasteiger partial charge in [-0.1, -0.05) is 31.7 Å². The standard InChI is InChI=1S/C17H26N2O/c1-3-12-20-17-9-7-15(8-10-17)13-18-16-6-5-11-19(4-2)14-16/h3,7-10,16,18H,1,4-6,11-14H2,2H3. The maximum atomic E-state index is 5.49. The van der Waals surface area contributed by atoms with Gasteiger partial charge in [0.05, 0.1) is 0 Å². The highest BCUT2D eigenvalue weighted by Crippen LogP contribution is 2.14. The number of likely N-dealkylation sites (tertiary alicyclic amines) is 1. The number of benzene rings is 1. The fourth-order valence-electron chi connectivity index (χ4n) is 2.63. The highest BCUT2D eigenvalue weighted by molar-refractivity contribution is 5.27. The normalized spacial score (nSPS) is 19.8. The summed E-state index contributed by atoms with van der Waals surface area (Å²) in [6.07, 6.45) is 4.36. The molecule has 1 aromatic carbocycles. The van der Waals surface area contributed by atoms with Crippen LogP contribution < -0.4 is 10.1 Å². The Morgan fingerprint density at radius 3 is 2.90 bits per heavy atom. The number of hydrogen-bond acceptors (Lipinski definition) is 3. The third-order valence-corrected chi connectivity index (χ3v) is 3.84. The lowest BCUT2D eigenvalue weighted by Crippen LogP contribution is -2.45. The Balaban J connectivity index is 1.77. The van der Waals surface area contributed by atoms with Crippen molar-refractivity contribution in [2.24, 2.45) is 0 Å².